The van der Waals surface area contributed by atoms with Crippen molar-refractivity contribution in [3.63, 3.8) is 0 Å². The molecule has 1 amide bonds. The van der Waals surface area contributed by atoms with Gasteiger partial charge in [-0.25, -0.2) is 0 Å². The van der Waals surface area contributed by atoms with E-state index in [4.69, 9.17) is 9.52 Å². The molecule has 1 aliphatic heterocycles. The molecule has 1 fully saturated rings. The van der Waals surface area contributed by atoms with E-state index in [-0.39, 0.29) is 18.4 Å². The summed E-state index contributed by atoms with van der Waals surface area (Å²) in [5.74, 6) is -2.44. The third-order valence-electron chi connectivity index (χ3n) is 6.29. The summed E-state index contributed by atoms with van der Waals surface area (Å²) in [6, 6.07) is 14.2. The molecule has 2 aromatic carbocycles. The number of aromatic nitrogens is 1. The molecule has 3 aromatic rings. The minimum absolute atomic E-state index is 0.0494. The predicted octanol–water partition coefficient (Wildman–Crippen LogP) is 5.41. The highest BCUT2D eigenvalue weighted by atomic mass is 19.4. The molecule has 1 atom stereocenters. The van der Waals surface area contributed by atoms with Crippen molar-refractivity contribution in [3.05, 3.63) is 65.5 Å². The van der Waals surface area contributed by atoms with Gasteiger partial charge in [-0.3, -0.25) is 9.59 Å². The number of rotatable bonds is 9. The second-order valence-electron chi connectivity index (χ2n) is 9.41. The topological polar surface area (TPSA) is 108 Å². The number of anilines is 2. The molecule has 11 heteroatoms. The van der Waals surface area contributed by atoms with Crippen molar-refractivity contribution in [2.24, 2.45) is 5.92 Å². The molecular formula is C27H29F3N4O4. The molecule has 0 aliphatic carbocycles. The Balaban J connectivity index is 1.42. The van der Waals surface area contributed by atoms with Gasteiger partial charge < -0.3 is 25.1 Å². The van der Waals surface area contributed by atoms with Crippen LogP contribution >= 0.6 is 0 Å². The van der Waals surface area contributed by atoms with E-state index in [1.807, 2.05) is 31.2 Å². The standard InChI is InChI=1S/C27H29F3N4O4/c1-17-3-2-14-34(16-17)26-33-24(27(28,29)30)23(38-26)25(37)32-21-10-8-20(9-11-21)19-6-4-18(5-7-19)15-31-13-12-22(35)36/h4-11,17,31H,2-3,12-16H2,1H3,(H,32,37)(H,35,36). The Hall–Kier alpha value is -3.86. The molecule has 202 valence electrons. The zero-order valence-corrected chi connectivity index (χ0v) is 20.8. The molecule has 1 saturated heterocycles. The van der Waals surface area contributed by atoms with Crippen molar-refractivity contribution in [2.45, 2.75) is 38.9 Å². The van der Waals surface area contributed by atoms with Crippen molar-refractivity contribution < 1.29 is 32.3 Å². The van der Waals surface area contributed by atoms with Gasteiger partial charge in [0, 0.05) is 31.9 Å². The average Bonchev–Trinajstić information content (AvgIpc) is 3.34. The first-order valence-electron chi connectivity index (χ1n) is 12.4. The van der Waals surface area contributed by atoms with Crippen molar-refractivity contribution in [1.29, 1.82) is 0 Å². The van der Waals surface area contributed by atoms with Crippen LogP contribution < -0.4 is 15.5 Å². The molecule has 2 heterocycles. The van der Waals surface area contributed by atoms with Gasteiger partial charge in [-0.1, -0.05) is 43.3 Å². The summed E-state index contributed by atoms with van der Waals surface area (Å²) < 4.78 is 46.3. The summed E-state index contributed by atoms with van der Waals surface area (Å²) >= 11 is 0. The number of hydrogen-bond donors (Lipinski definition) is 3. The number of halogens is 3. The molecule has 1 aromatic heterocycles. The predicted molar refractivity (Wildman–Crippen MR) is 136 cm³/mol. The average molecular weight is 531 g/mol. The monoisotopic (exact) mass is 530 g/mol. The van der Waals surface area contributed by atoms with Crippen molar-refractivity contribution in [3.8, 4) is 11.1 Å². The van der Waals surface area contributed by atoms with Crippen molar-refractivity contribution in [1.82, 2.24) is 10.3 Å². The highest BCUT2D eigenvalue weighted by molar-refractivity contribution is 6.03. The molecule has 1 aliphatic rings. The summed E-state index contributed by atoms with van der Waals surface area (Å²) in [5, 5.41) is 14.2. The van der Waals surface area contributed by atoms with Crippen LogP contribution in [0.25, 0.3) is 11.1 Å². The van der Waals surface area contributed by atoms with E-state index in [0.29, 0.717) is 31.9 Å². The number of alkyl halides is 3. The first-order chi connectivity index (χ1) is 18.1. The Labute approximate surface area is 217 Å². The van der Waals surface area contributed by atoms with Gasteiger partial charge in [0.05, 0.1) is 6.42 Å². The maximum absolute atomic E-state index is 13.6. The summed E-state index contributed by atoms with van der Waals surface area (Å²) in [5.41, 5.74) is 1.74. The van der Waals surface area contributed by atoms with E-state index in [2.05, 4.69) is 15.6 Å². The molecular weight excluding hydrogens is 501 g/mol. The lowest BCUT2D eigenvalue weighted by Gasteiger charge is -2.29. The van der Waals surface area contributed by atoms with Gasteiger partial charge in [-0.15, -0.1) is 0 Å². The highest BCUT2D eigenvalue weighted by Crippen LogP contribution is 2.35. The van der Waals surface area contributed by atoms with Gasteiger partial charge in [0.2, 0.25) is 5.76 Å². The smallest absolute Gasteiger partial charge is 0.437 e. The van der Waals surface area contributed by atoms with Gasteiger partial charge in [0.15, 0.2) is 5.69 Å². The fourth-order valence-corrected chi connectivity index (χ4v) is 4.33. The lowest BCUT2D eigenvalue weighted by molar-refractivity contribution is -0.141. The fourth-order valence-electron chi connectivity index (χ4n) is 4.33. The van der Waals surface area contributed by atoms with Crippen LogP contribution in [0.2, 0.25) is 0 Å². The van der Waals surface area contributed by atoms with Crippen molar-refractivity contribution >= 4 is 23.6 Å². The molecule has 3 N–H and O–H groups in total. The van der Waals surface area contributed by atoms with Crippen LogP contribution in [0.15, 0.2) is 52.9 Å². The second kappa shape index (κ2) is 11.7. The Morgan fingerprint density at radius 1 is 1.11 bits per heavy atom. The molecule has 4 rings (SSSR count). The van der Waals surface area contributed by atoms with E-state index in [1.54, 1.807) is 29.2 Å². The molecule has 0 radical (unpaired) electrons. The van der Waals surface area contributed by atoms with E-state index in [0.717, 1.165) is 29.5 Å². The minimum Gasteiger partial charge on any atom is -0.481 e. The van der Waals surface area contributed by atoms with Crippen molar-refractivity contribution in [2.75, 3.05) is 29.9 Å². The molecule has 8 nitrogen and oxygen atoms in total. The number of carboxylic acid groups (broad SMARTS) is 1. The Morgan fingerprint density at radius 2 is 1.76 bits per heavy atom. The Bertz CT molecular complexity index is 1260. The zero-order chi connectivity index (χ0) is 27.3. The summed E-state index contributed by atoms with van der Waals surface area (Å²) in [4.78, 5) is 28.6. The number of amides is 1. The van der Waals surface area contributed by atoms with Gasteiger partial charge in [-0.05, 0) is 47.6 Å². The maximum Gasteiger partial charge on any atom is 0.437 e. The van der Waals surface area contributed by atoms with Crippen LogP contribution in [0.5, 0.6) is 0 Å². The van der Waals surface area contributed by atoms with Crippen LogP contribution in [-0.2, 0) is 17.5 Å². The number of nitrogens with zero attached hydrogens (tertiary/aromatic N) is 2. The minimum atomic E-state index is -4.84. The van der Waals surface area contributed by atoms with Crippen LogP contribution in [0.4, 0.5) is 24.9 Å². The summed E-state index contributed by atoms with van der Waals surface area (Å²) in [6.07, 6.45) is -3.00. The second-order valence-corrected chi connectivity index (χ2v) is 9.41. The number of carbonyl (C=O) groups is 2. The van der Waals surface area contributed by atoms with Gasteiger partial charge in [-0.2, -0.15) is 18.2 Å². The Morgan fingerprint density at radius 3 is 2.37 bits per heavy atom. The van der Waals surface area contributed by atoms with E-state index in [9.17, 15) is 22.8 Å². The molecule has 1 unspecified atom stereocenters. The van der Waals surface area contributed by atoms with Gasteiger partial charge in [0.25, 0.3) is 11.9 Å². The SMILES string of the molecule is CC1CCCN(c2nc(C(F)(F)F)c(C(=O)Nc3ccc(-c4ccc(CNCCC(=O)O)cc4)cc3)o2)C1. The fraction of sp³-hybridized carbons (Fsp3) is 0.370. The molecule has 38 heavy (non-hydrogen) atoms. The van der Waals surface area contributed by atoms with Gasteiger partial charge >= 0.3 is 12.1 Å². The van der Waals surface area contributed by atoms with Crippen LogP contribution in [0.3, 0.4) is 0 Å². The van der Waals surface area contributed by atoms with Crippen LogP contribution in [0.1, 0.15) is 48.0 Å². The first-order valence-corrected chi connectivity index (χ1v) is 12.4. The van der Waals surface area contributed by atoms with E-state index < -0.39 is 29.5 Å². The normalized spacial score (nSPS) is 15.9. The summed E-state index contributed by atoms with van der Waals surface area (Å²) in [6.45, 7) is 3.96. The van der Waals surface area contributed by atoms with Crippen LogP contribution in [0, 0.1) is 5.92 Å². The Kier molecular flexibility index (Phi) is 8.35. The van der Waals surface area contributed by atoms with E-state index >= 15 is 0 Å². The molecule has 0 saturated carbocycles. The zero-order valence-electron chi connectivity index (χ0n) is 20.8. The number of benzene rings is 2. The molecule has 0 spiro atoms. The maximum atomic E-state index is 13.6. The quantitative estimate of drug-likeness (QED) is 0.318. The molecule has 0 bridgehead atoms. The largest absolute Gasteiger partial charge is 0.481 e. The number of piperidine rings is 1. The number of nitrogens with one attached hydrogen (secondary N) is 2. The highest BCUT2D eigenvalue weighted by Gasteiger charge is 2.42. The number of carbonyl (C=O) groups excluding carboxylic acids is 1. The lowest BCUT2D eigenvalue weighted by Crippen LogP contribution is -2.34. The number of hydrogen-bond acceptors (Lipinski definition) is 6. The number of oxazole rings is 1. The number of carboxylic acids is 1. The third kappa shape index (κ3) is 6.91. The first kappa shape index (κ1) is 27.2. The van der Waals surface area contributed by atoms with E-state index in [1.165, 1.54) is 0 Å². The third-order valence-corrected chi connectivity index (χ3v) is 6.29. The summed E-state index contributed by atoms with van der Waals surface area (Å²) in [7, 11) is 0. The number of aliphatic carboxylic acids is 1. The van der Waals surface area contributed by atoms with Gasteiger partial charge in [0.1, 0.15) is 0 Å². The van der Waals surface area contributed by atoms with Crippen LogP contribution in [-0.4, -0.2) is 41.6 Å². The lowest BCUT2D eigenvalue weighted by atomic mass is 10.0.